The van der Waals surface area contributed by atoms with E-state index in [0.717, 1.165) is 36.2 Å². The molecule has 1 fully saturated rings. The van der Waals surface area contributed by atoms with Gasteiger partial charge in [0.15, 0.2) is 5.16 Å². The van der Waals surface area contributed by atoms with Crippen LogP contribution >= 0.6 is 11.8 Å². The van der Waals surface area contributed by atoms with Crippen LogP contribution in [0, 0.1) is 6.92 Å². The molecule has 7 heteroatoms. The van der Waals surface area contributed by atoms with E-state index in [1.165, 1.54) is 17.3 Å². The van der Waals surface area contributed by atoms with Gasteiger partial charge in [-0.15, -0.1) is 0 Å². The lowest BCUT2D eigenvalue weighted by Gasteiger charge is -2.23. The Kier molecular flexibility index (Phi) is 4.17. The second-order valence-electron chi connectivity index (χ2n) is 6.26. The summed E-state index contributed by atoms with van der Waals surface area (Å²) in [5.74, 6) is 0.819. The molecule has 0 saturated carbocycles. The zero-order chi connectivity index (χ0) is 17.4. The van der Waals surface area contributed by atoms with Gasteiger partial charge in [0, 0.05) is 18.9 Å². The molecule has 3 aromatic rings. The summed E-state index contributed by atoms with van der Waals surface area (Å²) in [5.41, 5.74) is 3.67. The third-order valence-corrected chi connectivity index (χ3v) is 5.12. The molecule has 0 bridgehead atoms. The molecule has 128 valence electrons. The van der Waals surface area contributed by atoms with Gasteiger partial charge >= 0.3 is 0 Å². The molecule has 3 heterocycles. The minimum Gasteiger partial charge on any atom is -0.340 e. The summed E-state index contributed by atoms with van der Waals surface area (Å²) in [6.07, 6.45) is 7.01. The van der Waals surface area contributed by atoms with E-state index in [4.69, 9.17) is 4.98 Å². The Hall–Kier alpha value is -2.41. The molecule has 1 amide bonds. The van der Waals surface area contributed by atoms with Crippen molar-refractivity contribution in [2.45, 2.75) is 31.0 Å². The minimum atomic E-state index is -0.0354. The Bertz CT molecular complexity index is 921. The summed E-state index contributed by atoms with van der Waals surface area (Å²) in [6.45, 7) is 2.79. The summed E-state index contributed by atoms with van der Waals surface area (Å²) in [5, 5.41) is 0.669. The second-order valence-corrected chi connectivity index (χ2v) is 7.03. The highest BCUT2D eigenvalue weighted by Gasteiger charge is 2.33. The average Bonchev–Trinajstić information content (AvgIpc) is 3.27. The summed E-state index contributed by atoms with van der Waals surface area (Å²) >= 11 is 1.46. The molecule has 1 aliphatic heterocycles. The average molecular weight is 353 g/mol. The van der Waals surface area contributed by atoms with Gasteiger partial charge in [0.05, 0.1) is 22.6 Å². The van der Waals surface area contributed by atoms with Crippen molar-refractivity contribution in [3.05, 3.63) is 47.5 Å². The zero-order valence-corrected chi connectivity index (χ0v) is 15.0. The molecule has 1 atom stereocenters. The second kappa shape index (κ2) is 6.48. The Labute approximate surface area is 150 Å². The molecule has 1 aromatic carbocycles. The summed E-state index contributed by atoms with van der Waals surface area (Å²) < 4.78 is 0. The Balaban J connectivity index is 1.63. The summed E-state index contributed by atoms with van der Waals surface area (Å²) in [6, 6.07) is 6.12. The first kappa shape index (κ1) is 16.1. The number of nitrogens with one attached hydrogen (secondary N) is 1. The van der Waals surface area contributed by atoms with Crippen LogP contribution in [0.25, 0.3) is 11.0 Å². The van der Waals surface area contributed by atoms with E-state index in [1.54, 1.807) is 12.4 Å². The number of carbonyl (C=O) groups is 1. The molecule has 0 spiro atoms. The van der Waals surface area contributed by atoms with Gasteiger partial charge in [-0.2, -0.15) is 0 Å². The van der Waals surface area contributed by atoms with Crippen molar-refractivity contribution in [3.63, 3.8) is 0 Å². The van der Waals surface area contributed by atoms with Gasteiger partial charge in [-0.05, 0) is 43.7 Å². The molecule has 6 nitrogen and oxygen atoms in total. The SMILES string of the molecule is CSc1ncc(C(=O)N2CCCC2c2nc3ccc(C)cc3[nH]2)cn1. The smallest absolute Gasteiger partial charge is 0.257 e. The number of hydrogen-bond acceptors (Lipinski definition) is 5. The largest absolute Gasteiger partial charge is 0.340 e. The number of rotatable bonds is 3. The number of benzene rings is 1. The van der Waals surface area contributed by atoms with Gasteiger partial charge in [-0.25, -0.2) is 15.0 Å². The van der Waals surface area contributed by atoms with Crippen LogP contribution in [0.5, 0.6) is 0 Å². The molecule has 4 rings (SSSR count). The van der Waals surface area contributed by atoms with E-state index < -0.39 is 0 Å². The zero-order valence-electron chi connectivity index (χ0n) is 14.2. The van der Waals surface area contributed by atoms with Crippen molar-refractivity contribution in [3.8, 4) is 0 Å². The first-order valence-electron chi connectivity index (χ1n) is 8.29. The number of imidazole rings is 1. The predicted octanol–water partition coefficient (Wildman–Crippen LogP) is 3.36. The Morgan fingerprint density at radius 3 is 2.88 bits per heavy atom. The normalized spacial score (nSPS) is 17.4. The predicted molar refractivity (Wildman–Crippen MR) is 97.7 cm³/mol. The highest BCUT2D eigenvalue weighted by Crippen LogP contribution is 2.32. The topological polar surface area (TPSA) is 74.8 Å². The molecule has 2 aromatic heterocycles. The van der Waals surface area contributed by atoms with Crippen molar-refractivity contribution >= 4 is 28.7 Å². The molecular weight excluding hydrogens is 334 g/mol. The molecule has 0 aliphatic carbocycles. The Morgan fingerprint density at radius 1 is 1.32 bits per heavy atom. The monoisotopic (exact) mass is 353 g/mol. The quantitative estimate of drug-likeness (QED) is 0.577. The molecule has 1 aliphatic rings. The number of nitrogens with zero attached hydrogens (tertiary/aromatic N) is 4. The van der Waals surface area contributed by atoms with Crippen LogP contribution in [0.15, 0.2) is 35.7 Å². The molecule has 1 saturated heterocycles. The van der Waals surface area contributed by atoms with Gasteiger partial charge in [0.1, 0.15) is 5.82 Å². The van der Waals surface area contributed by atoms with Gasteiger partial charge < -0.3 is 9.88 Å². The third kappa shape index (κ3) is 3.00. The van der Waals surface area contributed by atoms with Crippen LogP contribution in [0.4, 0.5) is 0 Å². The van der Waals surface area contributed by atoms with Crippen LogP contribution in [-0.2, 0) is 0 Å². The van der Waals surface area contributed by atoms with Gasteiger partial charge in [0.25, 0.3) is 5.91 Å². The number of fused-ring (bicyclic) bond motifs is 1. The molecule has 25 heavy (non-hydrogen) atoms. The number of likely N-dealkylation sites (tertiary alicyclic amines) is 1. The molecule has 0 radical (unpaired) electrons. The number of aromatic nitrogens is 4. The van der Waals surface area contributed by atoms with Crippen molar-refractivity contribution < 1.29 is 4.79 Å². The van der Waals surface area contributed by atoms with E-state index in [2.05, 4.69) is 34.0 Å². The minimum absolute atomic E-state index is 0.0274. The van der Waals surface area contributed by atoms with Crippen molar-refractivity contribution in [1.29, 1.82) is 0 Å². The maximum absolute atomic E-state index is 12.9. The lowest BCUT2D eigenvalue weighted by atomic mass is 10.2. The van der Waals surface area contributed by atoms with Gasteiger partial charge in [-0.3, -0.25) is 4.79 Å². The number of aromatic amines is 1. The fraction of sp³-hybridized carbons (Fsp3) is 0.333. The number of thioether (sulfide) groups is 1. The summed E-state index contributed by atoms with van der Waals surface area (Å²) in [7, 11) is 0. The maximum Gasteiger partial charge on any atom is 0.257 e. The van der Waals surface area contributed by atoms with Crippen LogP contribution in [0.2, 0.25) is 0 Å². The number of hydrogen-bond donors (Lipinski definition) is 1. The van der Waals surface area contributed by atoms with Crippen LogP contribution < -0.4 is 0 Å². The lowest BCUT2D eigenvalue weighted by molar-refractivity contribution is 0.0729. The number of aryl methyl sites for hydroxylation is 1. The fourth-order valence-corrected chi connectivity index (χ4v) is 3.61. The van der Waals surface area contributed by atoms with E-state index in [9.17, 15) is 4.79 Å². The van der Waals surface area contributed by atoms with Crippen LogP contribution in [0.3, 0.4) is 0 Å². The number of H-pyrrole nitrogens is 1. The van der Waals surface area contributed by atoms with Crippen molar-refractivity contribution in [2.24, 2.45) is 0 Å². The van der Waals surface area contributed by atoms with Gasteiger partial charge in [-0.1, -0.05) is 17.8 Å². The first-order valence-corrected chi connectivity index (χ1v) is 9.51. The highest BCUT2D eigenvalue weighted by atomic mass is 32.2. The number of amides is 1. The third-order valence-electron chi connectivity index (χ3n) is 4.54. The van der Waals surface area contributed by atoms with Crippen molar-refractivity contribution in [1.82, 2.24) is 24.8 Å². The molecule has 1 unspecified atom stereocenters. The van der Waals surface area contributed by atoms with E-state index in [0.29, 0.717) is 10.7 Å². The first-order chi connectivity index (χ1) is 12.2. The standard InChI is InChI=1S/C18H19N5OS/c1-11-5-6-13-14(8-11)22-16(21-13)15-4-3-7-23(15)17(24)12-9-19-18(25-2)20-10-12/h5-6,8-10,15H,3-4,7H2,1-2H3,(H,21,22). The lowest BCUT2D eigenvalue weighted by Crippen LogP contribution is -2.31. The molecule has 1 N–H and O–H groups in total. The van der Waals surface area contributed by atoms with E-state index in [1.807, 2.05) is 17.2 Å². The van der Waals surface area contributed by atoms with Crippen LogP contribution in [-0.4, -0.2) is 43.5 Å². The Morgan fingerprint density at radius 2 is 2.12 bits per heavy atom. The fourth-order valence-electron chi connectivity index (χ4n) is 3.29. The van der Waals surface area contributed by atoms with E-state index >= 15 is 0 Å². The summed E-state index contributed by atoms with van der Waals surface area (Å²) in [4.78, 5) is 31.3. The highest BCUT2D eigenvalue weighted by molar-refractivity contribution is 7.98. The van der Waals surface area contributed by atoms with Gasteiger partial charge in [0.2, 0.25) is 0 Å². The van der Waals surface area contributed by atoms with Crippen molar-refractivity contribution in [2.75, 3.05) is 12.8 Å². The van der Waals surface area contributed by atoms with Crippen LogP contribution in [0.1, 0.15) is 40.6 Å². The van der Waals surface area contributed by atoms with E-state index in [-0.39, 0.29) is 11.9 Å². The molecular formula is C18H19N5OS. The number of carbonyl (C=O) groups excluding carboxylic acids is 1. The maximum atomic E-state index is 12.9.